The molecule has 42 heavy (non-hydrogen) atoms. The van der Waals surface area contributed by atoms with Crippen molar-refractivity contribution in [3.63, 3.8) is 0 Å². The fourth-order valence-electron chi connectivity index (χ4n) is 4.01. The average Bonchev–Trinajstić information content (AvgIpc) is 3.72. The van der Waals surface area contributed by atoms with Gasteiger partial charge in [-0.1, -0.05) is 53.7 Å². The van der Waals surface area contributed by atoms with Crippen LogP contribution in [0.4, 0.5) is 0 Å². The normalized spacial score (nSPS) is 10.7. The molecule has 0 amide bonds. The Labute approximate surface area is 308 Å². The van der Waals surface area contributed by atoms with Crippen LogP contribution in [0, 0.1) is 53.7 Å². The second-order valence-corrected chi connectivity index (χ2v) is 9.12. The molecule has 0 unspecified atom stereocenters. The quantitative estimate of drug-likeness (QED) is 0.211. The Morgan fingerprint density at radius 1 is 0.643 bits per heavy atom. The molecule has 0 nitrogen and oxygen atoms in total. The van der Waals surface area contributed by atoms with Gasteiger partial charge in [-0.05, 0) is 0 Å². The topological polar surface area (TPSA) is 0 Å². The van der Waals surface area contributed by atoms with E-state index in [0.29, 0.717) is 0 Å². The molecule has 0 atom stereocenters. The van der Waals surface area contributed by atoms with Crippen LogP contribution in [0.15, 0.2) is 97.1 Å². The van der Waals surface area contributed by atoms with Crippen molar-refractivity contribution in [2.24, 2.45) is 0 Å². The molecular formula is C38H46Cl2Zr2. The van der Waals surface area contributed by atoms with Crippen LogP contribution < -0.4 is 24.8 Å². The first-order chi connectivity index (χ1) is 18.4. The Morgan fingerprint density at radius 2 is 0.976 bits per heavy atom. The monoisotopic (exact) mass is 752 g/mol. The van der Waals surface area contributed by atoms with Gasteiger partial charge in [-0.15, -0.1) is 80.9 Å². The predicted octanol–water partition coefficient (Wildman–Crippen LogP) is 5.43. The van der Waals surface area contributed by atoms with Gasteiger partial charge >= 0.3 is 52.4 Å². The van der Waals surface area contributed by atoms with E-state index in [9.17, 15) is 0 Å². The van der Waals surface area contributed by atoms with Crippen LogP contribution in [0.5, 0.6) is 0 Å². The zero-order chi connectivity index (χ0) is 28.2. The van der Waals surface area contributed by atoms with E-state index in [1.54, 1.807) is 0 Å². The Balaban J connectivity index is -0.000000218. The summed E-state index contributed by atoms with van der Waals surface area (Å²) in [7, 11) is 0. The third-order valence-electron chi connectivity index (χ3n) is 5.60. The second kappa shape index (κ2) is 30.0. The summed E-state index contributed by atoms with van der Waals surface area (Å²) in [6.45, 7) is 19.6. The smallest absolute Gasteiger partial charge is 1.00 e. The van der Waals surface area contributed by atoms with Crippen molar-refractivity contribution >= 4 is 21.5 Å². The Kier molecular flexibility index (Phi) is 34.2. The van der Waals surface area contributed by atoms with Crippen LogP contribution in [0.2, 0.25) is 0 Å². The summed E-state index contributed by atoms with van der Waals surface area (Å²) in [5, 5.41) is 5.57. The van der Waals surface area contributed by atoms with Gasteiger partial charge in [0.25, 0.3) is 0 Å². The zero-order valence-corrected chi connectivity index (χ0v) is 32.7. The molecule has 0 fully saturated rings. The molecule has 0 aromatic heterocycles. The van der Waals surface area contributed by atoms with E-state index in [4.69, 9.17) is 0 Å². The van der Waals surface area contributed by atoms with E-state index in [0.717, 1.165) is 25.7 Å². The van der Waals surface area contributed by atoms with Crippen molar-refractivity contribution in [1.29, 1.82) is 0 Å². The molecule has 0 bridgehead atoms. The minimum absolute atomic E-state index is 0. The molecule has 6 rings (SSSR count). The molecule has 2 aliphatic rings. The largest absolute Gasteiger partial charge is 4.00 e. The molecule has 0 saturated heterocycles. The van der Waals surface area contributed by atoms with Gasteiger partial charge in [0.1, 0.15) is 0 Å². The van der Waals surface area contributed by atoms with Gasteiger partial charge < -0.3 is 38.7 Å². The van der Waals surface area contributed by atoms with Crippen molar-refractivity contribution in [3.05, 3.63) is 145 Å². The Hall–Kier alpha value is -1.03. The molecule has 4 aromatic carbocycles. The molecule has 0 N–H and O–H groups in total. The molecule has 0 heterocycles. The van der Waals surface area contributed by atoms with Gasteiger partial charge in [-0.3, -0.25) is 12.2 Å². The first kappa shape index (κ1) is 47.9. The third-order valence-corrected chi connectivity index (χ3v) is 5.60. The molecule has 0 aliphatic heterocycles. The molecule has 0 spiro atoms. The molecule has 0 radical (unpaired) electrons. The minimum atomic E-state index is 0. The van der Waals surface area contributed by atoms with E-state index < -0.39 is 0 Å². The third kappa shape index (κ3) is 18.6. The molecule has 4 heteroatoms. The van der Waals surface area contributed by atoms with Crippen LogP contribution in [-0.4, -0.2) is 0 Å². The van der Waals surface area contributed by atoms with Gasteiger partial charge in [0, 0.05) is 0 Å². The Bertz CT molecular complexity index is 1180. The summed E-state index contributed by atoms with van der Waals surface area (Å²) < 4.78 is 0. The first-order valence-electron chi connectivity index (χ1n) is 13.7. The number of halogens is 2. The summed E-state index contributed by atoms with van der Waals surface area (Å²) in [4.78, 5) is 0. The van der Waals surface area contributed by atoms with Crippen LogP contribution >= 0.6 is 0 Å². The first-order valence-corrected chi connectivity index (χ1v) is 13.7. The molecule has 0 saturated carbocycles. The summed E-state index contributed by atoms with van der Waals surface area (Å²) in [6, 6.07) is 21.6. The SMILES string of the molecule is Cc1cccc2cc[c-](C)c12.Cc1cccc2cc[c-](C)c12.[C-]1=CC=CC1.[C-]1=CC=CC1.[CH2-]CC.[CH2-]CC.[Cl-].[Cl-].[Zr+4].[Zr+4]. The van der Waals surface area contributed by atoms with Crippen LogP contribution in [0.25, 0.3) is 21.5 Å². The number of allylic oxidation sites excluding steroid dienone is 8. The zero-order valence-electron chi connectivity index (χ0n) is 26.2. The Morgan fingerprint density at radius 3 is 1.19 bits per heavy atom. The second-order valence-electron chi connectivity index (χ2n) is 9.12. The number of fused-ring (bicyclic) bond motifs is 2. The van der Waals surface area contributed by atoms with E-state index in [1.807, 2.05) is 38.2 Å². The van der Waals surface area contributed by atoms with Crippen molar-refractivity contribution in [3.8, 4) is 0 Å². The van der Waals surface area contributed by atoms with Gasteiger partial charge in [0.15, 0.2) is 0 Å². The van der Waals surface area contributed by atoms with Gasteiger partial charge in [0.05, 0.1) is 0 Å². The van der Waals surface area contributed by atoms with E-state index in [-0.39, 0.29) is 77.2 Å². The van der Waals surface area contributed by atoms with Crippen molar-refractivity contribution in [2.75, 3.05) is 0 Å². The van der Waals surface area contributed by atoms with Crippen LogP contribution in [-0.2, 0) is 52.4 Å². The average molecular weight is 756 g/mol. The van der Waals surface area contributed by atoms with Gasteiger partial charge in [-0.25, -0.2) is 24.3 Å². The van der Waals surface area contributed by atoms with Crippen LogP contribution in [0.1, 0.15) is 61.8 Å². The maximum Gasteiger partial charge on any atom is 4.00 e. The molecule has 220 valence electrons. The summed E-state index contributed by atoms with van der Waals surface area (Å²) in [5.74, 6) is 0. The number of benzene rings is 2. The minimum Gasteiger partial charge on any atom is -1.00 e. The maximum absolute atomic E-state index is 3.49. The van der Waals surface area contributed by atoms with Gasteiger partial charge in [0.2, 0.25) is 0 Å². The predicted molar refractivity (Wildman–Crippen MR) is 172 cm³/mol. The van der Waals surface area contributed by atoms with E-state index >= 15 is 0 Å². The van der Waals surface area contributed by atoms with Crippen molar-refractivity contribution < 1.29 is 77.2 Å². The van der Waals surface area contributed by atoms with E-state index in [1.165, 1.54) is 43.8 Å². The molecule has 4 aromatic rings. The van der Waals surface area contributed by atoms with Gasteiger partial charge in [-0.2, -0.15) is 49.3 Å². The summed E-state index contributed by atoms with van der Waals surface area (Å²) >= 11 is 0. The number of aryl methyl sites for hydroxylation is 4. The number of rotatable bonds is 0. The summed E-state index contributed by atoms with van der Waals surface area (Å²) in [6.07, 6.45) is 22.0. The van der Waals surface area contributed by atoms with Crippen molar-refractivity contribution in [2.45, 2.75) is 67.2 Å². The number of hydrogen-bond donors (Lipinski definition) is 0. The standard InChI is InChI=1S/2C11H11.2C5H5.2C3H7.2ClH.2Zr/c2*1-8-4-3-5-10-7-6-9(2)11(8)10;2*1-2-4-5-3-1;2*1-3-2;;;;/h2*3-7H,1-2H3;2*1-3H,4H2;2*1,3H2,2H3;2*1H;;/q6*-1;;;2*+4/p-2. The molecule has 2 aliphatic carbocycles. The van der Waals surface area contributed by atoms with Crippen molar-refractivity contribution in [1.82, 2.24) is 0 Å². The van der Waals surface area contributed by atoms with E-state index in [2.05, 4.69) is 127 Å². The number of hydrogen-bond acceptors (Lipinski definition) is 0. The fraction of sp³-hybridized carbons (Fsp3) is 0.263. The van der Waals surface area contributed by atoms with Crippen LogP contribution in [0.3, 0.4) is 0 Å². The fourth-order valence-corrected chi connectivity index (χ4v) is 4.01. The maximum atomic E-state index is 3.49. The molecular weight excluding hydrogens is 710 g/mol. The summed E-state index contributed by atoms with van der Waals surface area (Å²) in [5.41, 5.74) is 5.53.